The molecule has 1 fully saturated rings. The maximum atomic E-state index is 11.9. The average Bonchev–Trinajstić information content (AvgIpc) is 2.37. The predicted octanol–water partition coefficient (Wildman–Crippen LogP) is -0.0632. The van der Waals surface area contributed by atoms with E-state index in [0.29, 0.717) is 32.5 Å². The SMILES string of the molecule is CS(=O)(=O)N1CCC(C(=O)NCCCCCO)CC1. The first-order valence-electron chi connectivity index (χ1n) is 6.79. The summed E-state index contributed by atoms with van der Waals surface area (Å²) in [7, 11) is -3.12. The maximum Gasteiger partial charge on any atom is 0.223 e. The van der Waals surface area contributed by atoms with E-state index in [0.717, 1.165) is 19.3 Å². The minimum absolute atomic E-state index is 0.0251. The highest BCUT2D eigenvalue weighted by Crippen LogP contribution is 2.19. The molecule has 0 radical (unpaired) electrons. The molecule has 1 aliphatic heterocycles. The van der Waals surface area contributed by atoms with Crippen molar-refractivity contribution in [3.63, 3.8) is 0 Å². The minimum atomic E-state index is -3.12. The summed E-state index contributed by atoms with van der Waals surface area (Å²) in [5, 5.41) is 11.5. The van der Waals surface area contributed by atoms with E-state index in [2.05, 4.69) is 5.32 Å². The first-order valence-corrected chi connectivity index (χ1v) is 8.63. The number of sulfonamides is 1. The number of amides is 1. The molecule has 0 spiro atoms. The van der Waals surface area contributed by atoms with Crippen LogP contribution >= 0.6 is 0 Å². The number of hydrogen-bond acceptors (Lipinski definition) is 4. The molecule has 1 saturated heterocycles. The van der Waals surface area contributed by atoms with Crippen LogP contribution in [0.25, 0.3) is 0 Å². The zero-order valence-corrected chi connectivity index (χ0v) is 12.3. The van der Waals surface area contributed by atoms with Crippen molar-refractivity contribution >= 4 is 15.9 Å². The molecule has 0 aliphatic carbocycles. The Balaban J connectivity index is 2.22. The Bertz CT molecular complexity index is 375. The Morgan fingerprint density at radius 1 is 1.26 bits per heavy atom. The molecule has 7 heteroatoms. The van der Waals surface area contributed by atoms with Crippen LogP contribution in [0, 0.1) is 5.92 Å². The van der Waals surface area contributed by atoms with Crippen molar-refractivity contribution in [1.82, 2.24) is 9.62 Å². The standard InChI is InChI=1S/C12H24N2O4S/c1-19(17,18)14-8-5-11(6-9-14)12(16)13-7-3-2-4-10-15/h11,15H,2-10H2,1H3,(H,13,16). The molecule has 0 unspecified atom stereocenters. The van der Waals surface area contributed by atoms with Gasteiger partial charge in [0.05, 0.1) is 6.26 Å². The number of carbonyl (C=O) groups excluding carboxylic acids is 1. The molecule has 1 rings (SSSR count). The summed E-state index contributed by atoms with van der Waals surface area (Å²) in [4.78, 5) is 11.9. The highest BCUT2D eigenvalue weighted by atomic mass is 32.2. The van der Waals surface area contributed by atoms with Crippen LogP contribution in [0.15, 0.2) is 0 Å². The van der Waals surface area contributed by atoms with Gasteiger partial charge in [0.2, 0.25) is 15.9 Å². The lowest BCUT2D eigenvalue weighted by Gasteiger charge is -2.29. The molecule has 1 amide bonds. The summed E-state index contributed by atoms with van der Waals surface area (Å²) >= 11 is 0. The van der Waals surface area contributed by atoms with Crippen molar-refractivity contribution in [2.45, 2.75) is 32.1 Å². The number of nitrogens with zero attached hydrogens (tertiary/aromatic N) is 1. The summed E-state index contributed by atoms with van der Waals surface area (Å²) in [6.07, 6.45) is 4.93. The van der Waals surface area contributed by atoms with E-state index in [1.165, 1.54) is 10.6 Å². The van der Waals surface area contributed by atoms with E-state index in [-0.39, 0.29) is 18.4 Å². The van der Waals surface area contributed by atoms with Crippen molar-refractivity contribution in [3.05, 3.63) is 0 Å². The van der Waals surface area contributed by atoms with Crippen LogP contribution in [0.3, 0.4) is 0 Å². The maximum absolute atomic E-state index is 11.9. The van der Waals surface area contributed by atoms with Crippen LogP contribution < -0.4 is 5.32 Å². The van der Waals surface area contributed by atoms with Crippen LogP contribution in [0.5, 0.6) is 0 Å². The highest BCUT2D eigenvalue weighted by Gasteiger charge is 2.28. The Hall–Kier alpha value is -0.660. The van der Waals surface area contributed by atoms with Crippen molar-refractivity contribution in [2.24, 2.45) is 5.92 Å². The van der Waals surface area contributed by atoms with Gasteiger partial charge in [0.15, 0.2) is 0 Å². The molecule has 0 aromatic rings. The van der Waals surface area contributed by atoms with Crippen LogP contribution in [-0.2, 0) is 14.8 Å². The quantitative estimate of drug-likeness (QED) is 0.643. The third kappa shape index (κ3) is 5.88. The Labute approximate surface area is 115 Å². The van der Waals surface area contributed by atoms with E-state index in [1.54, 1.807) is 0 Å². The second-order valence-corrected chi connectivity index (χ2v) is 6.99. The predicted molar refractivity (Wildman–Crippen MR) is 73.1 cm³/mol. The fourth-order valence-electron chi connectivity index (χ4n) is 2.22. The number of hydrogen-bond donors (Lipinski definition) is 2. The lowest BCUT2D eigenvalue weighted by Crippen LogP contribution is -2.42. The molecule has 2 N–H and O–H groups in total. The smallest absolute Gasteiger partial charge is 0.223 e. The topological polar surface area (TPSA) is 86.7 Å². The fourth-order valence-corrected chi connectivity index (χ4v) is 3.09. The summed E-state index contributed by atoms with van der Waals surface area (Å²) in [6.45, 7) is 1.69. The van der Waals surface area contributed by atoms with Gasteiger partial charge in [-0.15, -0.1) is 0 Å². The monoisotopic (exact) mass is 292 g/mol. The second-order valence-electron chi connectivity index (χ2n) is 5.01. The van der Waals surface area contributed by atoms with Gasteiger partial charge in [-0.25, -0.2) is 12.7 Å². The number of piperidine rings is 1. The number of nitrogens with one attached hydrogen (secondary N) is 1. The number of rotatable bonds is 7. The summed E-state index contributed by atoms with van der Waals surface area (Å²) in [5.74, 6) is -0.0482. The lowest BCUT2D eigenvalue weighted by atomic mass is 9.97. The molecular weight excluding hydrogens is 268 g/mol. The third-order valence-electron chi connectivity index (χ3n) is 3.43. The van der Waals surface area contributed by atoms with Crippen molar-refractivity contribution in [3.8, 4) is 0 Å². The molecule has 1 heterocycles. The molecule has 6 nitrogen and oxygen atoms in total. The number of unbranched alkanes of at least 4 members (excludes halogenated alkanes) is 2. The molecule has 0 saturated carbocycles. The molecule has 1 aliphatic rings. The fraction of sp³-hybridized carbons (Fsp3) is 0.917. The molecule has 19 heavy (non-hydrogen) atoms. The Morgan fingerprint density at radius 3 is 2.42 bits per heavy atom. The summed E-state index contributed by atoms with van der Waals surface area (Å²) in [5.41, 5.74) is 0. The van der Waals surface area contributed by atoms with Gasteiger partial charge in [-0.1, -0.05) is 0 Å². The zero-order valence-electron chi connectivity index (χ0n) is 11.5. The molecule has 112 valence electrons. The summed E-state index contributed by atoms with van der Waals surface area (Å²) in [6, 6.07) is 0. The number of aliphatic hydroxyl groups is 1. The van der Waals surface area contributed by atoms with Gasteiger partial charge in [0.1, 0.15) is 0 Å². The van der Waals surface area contributed by atoms with Crippen molar-refractivity contribution < 1.29 is 18.3 Å². The first kappa shape index (κ1) is 16.4. The van der Waals surface area contributed by atoms with E-state index < -0.39 is 10.0 Å². The first-order chi connectivity index (χ1) is 8.95. The van der Waals surface area contributed by atoms with Gasteiger partial charge < -0.3 is 10.4 Å². The van der Waals surface area contributed by atoms with Crippen LogP contribution in [-0.4, -0.2) is 56.2 Å². The van der Waals surface area contributed by atoms with Crippen molar-refractivity contribution in [1.29, 1.82) is 0 Å². The molecule has 0 aromatic carbocycles. The van der Waals surface area contributed by atoms with Gasteiger partial charge in [0.25, 0.3) is 0 Å². The van der Waals surface area contributed by atoms with Crippen molar-refractivity contribution in [2.75, 3.05) is 32.5 Å². The molecule has 0 aromatic heterocycles. The highest BCUT2D eigenvalue weighted by molar-refractivity contribution is 7.88. The van der Waals surface area contributed by atoms with Crippen LogP contribution in [0.1, 0.15) is 32.1 Å². The lowest BCUT2D eigenvalue weighted by molar-refractivity contribution is -0.126. The average molecular weight is 292 g/mol. The number of aliphatic hydroxyl groups excluding tert-OH is 1. The van der Waals surface area contributed by atoms with Gasteiger partial charge in [0, 0.05) is 32.2 Å². The van der Waals surface area contributed by atoms with Gasteiger partial charge in [-0.2, -0.15) is 0 Å². The second kappa shape index (κ2) is 7.81. The normalized spacial score (nSPS) is 18.4. The van der Waals surface area contributed by atoms with E-state index in [1.807, 2.05) is 0 Å². The van der Waals surface area contributed by atoms with Gasteiger partial charge >= 0.3 is 0 Å². The van der Waals surface area contributed by atoms with Gasteiger partial charge in [-0.05, 0) is 32.1 Å². The van der Waals surface area contributed by atoms with E-state index in [4.69, 9.17) is 5.11 Å². The molecular formula is C12H24N2O4S. The van der Waals surface area contributed by atoms with Gasteiger partial charge in [-0.3, -0.25) is 4.79 Å². The minimum Gasteiger partial charge on any atom is -0.396 e. The molecule has 0 atom stereocenters. The molecule has 0 bridgehead atoms. The zero-order chi connectivity index (χ0) is 14.3. The van der Waals surface area contributed by atoms with Crippen LogP contribution in [0.2, 0.25) is 0 Å². The van der Waals surface area contributed by atoms with E-state index >= 15 is 0 Å². The third-order valence-corrected chi connectivity index (χ3v) is 4.73. The Kier molecular flexibility index (Phi) is 6.74. The number of carbonyl (C=O) groups is 1. The summed E-state index contributed by atoms with van der Waals surface area (Å²) < 4.78 is 24.1. The Morgan fingerprint density at radius 2 is 1.89 bits per heavy atom. The largest absolute Gasteiger partial charge is 0.396 e. The van der Waals surface area contributed by atoms with E-state index in [9.17, 15) is 13.2 Å². The van der Waals surface area contributed by atoms with Crippen LogP contribution in [0.4, 0.5) is 0 Å².